The van der Waals surface area contributed by atoms with E-state index in [1.54, 1.807) is 19.9 Å². The number of hydrogen-bond acceptors (Lipinski definition) is 7. The third-order valence-corrected chi connectivity index (χ3v) is 16.0. The van der Waals surface area contributed by atoms with Crippen molar-refractivity contribution in [1.29, 1.82) is 0 Å². The van der Waals surface area contributed by atoms with Crippen LogP contribution in [0.2, 0.25) is 0 Å². The van der Waals surface area contributed by atoms with Crippen LogP contribution in [0.3, 0.4) is 0 Å². The topological polar surface area (TPSA) is 95.9 Å². The van der Waals surface area contributed by atoms with Gasteiger partial charge in [-0.1, -0.05) is 84.9 Å². The molecule has 1 aliphatic heterocycles. The van der Waals surface area contributed by atoms with Crippen molar-refractivity contribution in [3.8, 4) is 16.9 Å². The number of aryl methyl sites for hydroxylation is 4. The van der Waals surface area contributed by atoms with Crippen LogP contribution in [0.4, 0.5) is 8.63 Å². The van der Waals surface area contributed by atoms with Gasteiger partial charge in [0.2, 0.25) is 0 Å². The van der Waals surface area contributed by atoms with Crippen LogP contribution < -0.4 is 15.3 Å². The minimum Gasteiger partial charge on any atom is -0.463 e. The number of ether oxygens (including phenoxy) is 3. The molecular formula is C65H63BF2N2O6. The number of benzene rings is 6. The number of allylic oxidation sites excluding steroid dienone is 1. The highest BCUT2D eigenvalue weighted by molar-refractivity contribution is 6.42. The maximum absolute atomic E-state index is 16.1. The molecule has 11 rings (SSSR count). The molecular weight excluding hydrogens is 954 g/mol. The fourth-order valence-electron chi connectivity index (χ4n) is 12.9. The first-order chi connectivity index (χ1) is 37.0. The van der Waals surface area contributed by atoms with Gasteiger partial charge in [-0.05, 0) is 222 Å². The summed E-state index contributed by atoms with van der Waals surface area (Å²) in [5.41, 5.74) is 13.1. The minimum absolute atomic E-state index is 0.169. The second-order valence-corrected chi connectivity index (χ2v) is 20.7. The Hall–Kier alpha value is -7.53. The number of carbonyl (C=O) groups excluding carboxylic acids is 3. The van der Waals surface area contributed by atoms with Crippen molar-refractivity contribution in [2.75, 3.05) is 13.2 Å². The van der Waals surface area contributed by atoms with Crippen LogP contribution in [0.25, 0.3) is 61.2 Å². The van der Waals surface area contributed by atoms with Crippen molar-refractivity contribution in [2.24, 2.45) is 0 Å². The van der Waals surface area contributed by atoms with Crippen LogP contribution in [0, 0.1) is 13.8 Å². The average Bonchev–Trinajstić information content (AvgIpc) is 3.96. The lowest BCUT2D eigenvalue weighted by Gasteiger charge is -2.24. The minimum atomic E-state index is -2.93. The number of nitrogens with zero attached hydrogens (tertiary/aromatic N) is 1. The van der Waals surface area contributed by atoms with E-state index in [1.807, 2.05) is 38.1 Å². The standard InChI is InChI=1S/C65H63BF2N2O6/c1-5-74-57(71)34-32-55-47-21-7-9-23-53(47)64(69-55)63(65-54-24-10-8-22-48(54)56(70(65)66(67)68)33-35-58(72)75-6-2)60-39(3)36-44(37-40(60)4)43-19-11-20-45(38-43)76-59(73)29-14-16-41-30-31-52-50-27-13-18-42-17-12-26-49(61(42)50)51-28-15-25-46(41)62(51)52/h11,13,15,18-20,25-28,30-38,55,69H,5-10,12,14,16-17,21-24,29H2,1-4H3/b34-32+,35-33+,64-63-. The largest absolute Gasteiger partial charge is 0.678 e. The number of carbonyl (C=O) groups is 3. The Bertz CT molecular complexity index is 3670. The summed E-state index contributed by atoms with van der Waals surface area (Å²) in [4.78, 5) is 38.9. The third kappa shape index (κ3) is 9.47. The number of fused-ring (bicyclic) bond motifs is 3. The predicted octanol–water partition coefficient (Wildman–Crippen LogP) is 13.6. The lowest BCUT2D eigenvalue weighted by Crippen LogP contribution is -2.25. The molecule has 0 radical (unpaired) electrons. The Morgan fingerprint density at radius 3 is 2.22 bits per heavy atom. The van der Waals surface area contributed by atoms with Crippen molar-refractivity contribution >= 4 is 75.4 Å². The van der Waals surface area contributed by atoms with E-state index >= 15 is 8.63 Å². The van der Waals surface area contributed by atoms with E-state index in [-0.39, 0.29) is 31.6 Å². The van der Waals surface area contributed by atoms with E-state index < -0.39 is 19.3 Å². The highest BCUT2D eigenvalue weighted by Crippen LogP contribution is 2.47. The first-order valence-corrected chi connectivity index (χ1v) is 27.3. The van der Waals surface area contributed by atoms with Gasteiger partial charge in [0.1, 0.15) is 5.75 Å². The van der Waals surface area contributed by atoms with Gasteiger partial charge in [-0.3, -0.25) is 13.4 Å². The van der Waals surface area contributed by atoms with Crippen LogP contribution in [-0.4, -0.2) is 49.0 Å². The van der Waals surface area contributed by atoms with Gasteiger partial charge in [0.15, 0.2) is 0 Å². The molecule has 0 bridgehead atoms. The van der Waals surface area contributed by atoms with Crippen molar-refractivity contribution in [3.05, 3.63) is 176 Å². The molecule has 1 N–H and O–H groups in total. The molecule has 0 fully saturated rings. The molecule has 0 spiro atoms. The van der Waals surface area contributed by atoms with E-state index in [9.17, 15) is 14.4 Å². The third-order valence-electron chi connectivity index (χ3n) is 16.0. The van der Waals surface area contributed by atoms with E-state index in [2.05, 4.69) is 72.1 Å². The number of esters is 3. The van der Waals surface area contributed by atoms with Crippen molar-refractivity contribution in [1.82, 2.24) is 9.79 Å². The van der Waals surface area contributed by atoms with Crippen LogP contribution in [0.15, 0.2) is 120 Å². The SMILES string of the molecule is CCOC(=O)/C=C/c1c2c(c(/C(=C3\NC(/C=C/C(=O)OCC)C4=C3CCCC4)c3c(C)cc(-c4cccc(OC(=O)CCCc5ccc6c7cccc8c7c(c7cccc5c76)=CCC8)c4)cc3C)n1B(F)F)CCCC2. The van der Waals surface area contributed by atoms with Crippen molar-refractivity contribution in [2.45, 2.75) is 117 Å². The number of aromatic nitrogens is 1. The first-order valence-electron chi connectivity index (χ1n) is 27.3. The number of rotatable bonds is 15. The van der Waals surface area contributed by atoms with Gasteiger partial charge in [0, 0.05) is 41.2 Å². The Morgan fingerprint density at radius 2 is 1.43 bits per heavy atom. The van der Waals surface area contributed by atoms with Crippen LogP contribution in [0.5, 0.6) is 5.75 Å². The second-order valence-electron chi connectivity index (χ2n) is 20.7. The van der Waals surface area contributed by atoms with Gasteiger partial charge in [-0.2, -0.15) is 0 Å². The molecule has 0 amide bonds. The normalized spacial score (nSPS) is 16.8. The maximum Gasteiger partial charge on any atom is 0.678 e. The summed E-state index contributed by atoms with van der Waals surface area (Å²) in [5.74, 6) is -0.882. The molecule has 11 heteroatoms. The van der Waals surface area contributed by atoms with Crippen LogP contribution in [-0.2, 0) is 49.5 Å². The smallest absolute Gasteiger partial charge is 0.463 e. The van der Waals surface area contributed by atoms with Crippen molar-refractivity contribution in [3.63, 3.8) is 0 Å². The Balaban J connectivity index is 0.916. The maximum atomic E-state index is 16.1. The summed E-state index contributed by atoms with van der Waals surface area (Å²) >= 11 is 0. The average molecular weight is 1020 g/mol. The van der Waals surface area contributed by atoms with Crippen molar-refractivity contribution < 1.29 is 37.2 Å². The van der Waals surface area contributed by atoms with Crippen LogP contribution >= 0.6 is 0 Å². The molecule has 3 aliphatic carbocycles. The molecule has 6 aromatic carbocycles. The summed E-state index contributed by atoms with van der Waals surface area (Å²) in [5, 5.41) is 12.9. The van der Waals surface area contributed by atoms with E-state index in [4.69, 9.17) is 14.2 Å². The quantitative estimate of drug-likeness (QED) is 0.0273. The van der Waals surface area contributed by atoms with Gasteiger partial charge in [0.25, 0.3) is 0 Å². The zero-order valence-corrected chi connectivity index (χ0v) is 43.9. The zero-order valence-electron chi connectivity index (χ0n) is 43.9. The predicted molar refractivity (Wildman–Crippen MR) is 301 cm³/mol. The highest BCUT2D eigenvalue weighted by Gasteiger charge is 2.38. The molecule has 1 unspecified atom stereocenters. The molecule has 0 saturated heterocycles. The van der Waals surface area contributed by atoms with E-state index in [0.717, 1.165) is 118 Å². The monoisotopic (exact) mass is 1020 g/mol. The lowest BCUT2D eigenvalue weighted by atomic mass is 9.82. The highest BCUT2D eigenvalue weighted by atomic mass is 19.2. The molecule has 0 saturated carbocycles. The molecule has 1 aromatic heterocycles. The van der Waals surface area contributed by atoms with Gasteiger partial charge >= 0.3 is 25.3 Å². The van der Waals surface area contributed by atoms with Gasteiger partial charge in [-0.25, -0.2) is 9.59 Å². The summed E-state index contributed by atoms with van der Waals surface area (Å²) in [7, 11) is -2.93. The fraction of sp³-hybridized carbons (Fsp3) is 0.308. The molecule has 2 heterocycles. The molecule has 386 valence electrons. The summed E-state index contributed by atoms with van der Waals surface area (Å²) < 4.78 is 49.8. The molecule has 1 atom stereocenters. The molecule has 4 aliphatic rings. The van der Waals surface area contributed by atoms with E-state index in [1.165, 1.54) is 66.9 Å². The zero-order chi connectivity index (χ0) is 52.6. The molecule has 8 nitrogen and oxygen atoms in total. The lowest BCUT2D eigenvalue weighted by molar-refractivity contribution is -0.138. The number of hydrogen-bond donors (Lipinski definition) is 1. The summed E-state index contributed by atoms with van der Waals surface area (Å²) in [6.45, 7) is 7.95. The van der Waals surface area contributed by atoms with E-state index in [0.29, 0.717) is 42.0 Å². The number of halogens is 2. The van der Waals surface area contributed by atoms with Gasteiger partial charge in [0.05, 0.1) is 19.3 Å². The molecule has 76 heavy (non-hydrogen) atoms. The van der Waals surface area contributed by atoms with Gasteiger partial charge < -0.3 is 24.0 Å². The van der Waals surface area contributed by atoms with Crippen LogP contribution in [0.1, 0.15) is 122 Å². The van der Waals surface area contributed by atoms with Gasteiger partial charge in [-0.15, -0.1) is 0 Å². The molecule has 7 aromatic rings. The summed E-state index contributed by atoms with van der Waals surface area (Å²) in [6, 6.07) is 29.2. The Kier molecular flexibility index (Phi) is 14.4. The Labute approximate surface area is 443 Å². The number of nitrogens with one attached hydrogen (secondary N) is 1. The second kappa shape index (κ2) is 21.6. The first kappa shape index (κ1) is 50.6. The summed E-state index contributed by atoms with van der Waals surface area (Å²) in [6.07, 6.45) is 18.5. The Morgan fingerprint density at radius 1 is 0.737 bits per heavy atom. The fourth-order valence-corrected chi connectivity index (χ4v) is 12.9.